The molecule has 0 amide bonds. The fraction of sp³-hybridized carbons (Fsp3) is 0.0769. The SMILES string of the molecule is COc1ccc(C(=O)C(Cc2ccc3nccnc3c2)=C(C(=O)O)c2ccc3nsnc3c2)cc1F. The number of hydrogen-bond acceptors (Lipinski definition) is 8. The summed E-state index contributed by atoms with van der Waals surface area (Å²) in [4.78, 5) is 34.8. The first-order chi connectivity index (χ1) is 17.4. The summed E-state index contributed by atoms with van der Waals surface area (Å²) in [6.07, 6.45) is 3.09. The molecule has 0 saturated carbocycles. The third-order valence-electron chi connectivity index (χ3n) is 5.66. The highest BCUT2D eigenvalue weighted by atomic mass is 32.1. The number of halogens is 1. The Morgan fingerprint density at radius 2 is 1.61 bits per heavy atom. The first kappa shape index (κ1) is 23.2. The molecule has 0 saturated heterocycles. The van der Waals surface area contributed by atoms with E-state index in [1.165, 1.54) is 19.2 Å². The van der Waals surface area contributed by atoms with Crippen LogP contribution in [0.1, 0.15) is 21.5 Å². The van der Waals surface area contributed by atoms with E-state index in [1.807, 2.05) is 0 Å². The van der Waals surface area contributed by atoms with Gasteiger partial charge >= 0.3 is 5.97 Å². The lowest BCUT2D eigenvalue weighted by molar-refractivity contribution is -0.130. The molecule has 3 aromatic carbocycles. The summed E-state index contributed by atoms with van der Waals surface area (Å²) in [6.45, 7) is 0. The second kappa shape index (κ2) is 9.59. The van der Waals surface area contributed by atoms with Crippen LogP contribution in [-0.4, -0.2) is 42.7 Å². The second-order valence-corrected chi connectivity index (χ2v) is 8.39. The molecule has 0 aliphatic heterocycles. The largest absolute Gasteiger partial charge is 0.494 e. The molecule has 1 N–H and O–H groups in total. The van der Waals surface area contributed by atoms with Crippen LogP contribution in [0.5, 0.6) is 5.75 Å². The third kappa shape index (κ3) is 4.41. The standard InChI is InChI=1S/C26H17FN4O4S/c1-35-23-7-4-16(12-18(23)27)25(32)17(10-14-2-5-19-21(11-14)29-9-8-28-19)24(26(33)34)15-3-6-20-22(13-15)31-36-30-20/h2-9,11-13H,10H2,1H3,(H,33,34). The average molecular weight is 501 g/mol. The number of Topliss-reactive ketones (excluding diaryl/α,β-unsaturated/α-hetero) is 1. The van der Waals surface area contributed by atoms with Crippen molar-refractivity contribution >= 4 is 51.1 Å². The second-order valence-electron chi connectivity index (χ2n) is 7.86. The summed E-state index contributed by atoms with van der Waals surface area (Å²) in [5, 5.41) is 10.2. The van der Waals surface area contributed by atoms with Crippen molar-refractivity contribution in [1.82, 2.24) is 18.7 Å². The van der Waals surface area contributed by atoms with Crippen molar-refractivity contribution in [3.05, 3.63) is 95.1 Å². The first-order valence-electron chi connectivity index (χ1n) is 10.7. The predicted molar refractivity (Wildman–Crippen MR) is 132 cm³/mol. The van der Waals surface area contributed by atoms with Gasteiger partial charge in [-0.15, -0.1) is 0 Å². The van der Waals surface area contributed by atoms with Crippen LogP contribution < -0.4 is 4.74 Å². The summed E-state index contributed by atoms with van der Waals surface area (Å²) in [5.41, 5.74) is 3.11. The van der Waals surface area contributed by atoms with E-state index in [-0.39, 0.29) is 28.9 Å². The number of rotatable bonds is 7. The fourth-order valence-electron chi connectivity index (χ4n) is 3.95. The van der Waals surface area contributed by atoms with E-state index >= 15 is 0 Å². The number of fused-ring (bicyclic) bond motifs is 2. The van der Waals surface area contributed by atoms with Crippen LogP contribution >= 0.6 is 11.7 Å². The molecule has 0 aliphatic rings. The molecule has 0 atom stereocenters. The van der Waals surface area contributed by atoms with Gasteiger partial charge in [-0.05, 0) is 53.6 Å². The van der Waals surface area contributed by atoms with Gasteiger partial charge < -0.3 is 9.84 Å². The normalized spacial score (nSPS) is 11.9. The molecule has 8 nitrogen and oxygen atoms in total. The molecular formula is C26H17FN4O4S. The Balaban J connectivity index is 1.69. The number of aliphatic carboxylic acids is 1. The van der Waals surface area contributed by atoms with Crippen LogP contribution in [0.3, 0.4) is 0 Å². The fourth-order valence-corrected chi connectivity index (χ4v) is 4.47. The highest BCUT2D eigenvalue weighted by molar-refractivity contribution is 7.00. The number of allylic oxidation sites excluding steroid dienone is 1. The van der Waals surface area contributed by atoms with Crippen LogP contribution in [0.25, 0.3) is 27.6 Å². The molecule has 0 aliphatic carbocycles. The molecule has 0 fully saturated rings. The van der Waals surface area contributed by atoms with Crippen molar-refractivity contribution < 1.29 is 23.8 Å². The van der Waals surface area contributed by atoms with Gasteiger partial charge in [0.2, 0.25) is 0 Å². The number of aromatic nitrogens is 4. The van der Waals surface area contributed by atoms with E-state index in [2.05, 4.69) is 18.7 Å². The monoisotopic (exact) mass is 500 g/mol. The molecule has 0 bridgehead atoms. The lowest BCUT2D eigenvalue weighted by Crippen LogP contribution is -2.14. The van der Waals surface area contributed by atoms with Gasteiger partial charge in [-0.2, -0.15) is 8.75 Å². The maximum atomic E-state index is 14.5. The quantitative estimate of drug-likeness (QED) is 0.252. The topological polar surface area (TPSA) is 115 Å². The summed E-state index contributed by atoms with van der Waals surface area (Å²) < 4.78 is 27.7. The van der Waals surface area contributed by atoms with Crippen molar-refractivity contribution in [2.24, 2.45) is 0 Å². The van der Waals surface area contributed by atoms with Gasteiger partial charge in [-0.25, -0.2) is 9.18 Å². The number of carboxylic acids is 1. The lowest BCUT2D eigenvalue weighted by atomic mass is 9.89. The van der Waals surface area contributed by atoms with Gasteiger partial charge in [-0.3, -0.25) is 14.8 Å². The van der Waals surface area contributed by atoms with Gasteiger partial charge in [0.25, 0.3) is 0 Å². The van der Waals surface area contributed by atoms with Crippen LogP contribution in [-0.2, 0) is 11.2 Å². The van der Waals surface area contributed by atoms with Gasteiger partial charge in [-0.1, -0.05) is 12.1 Å². The minimum atomic E-state index is -1.30. The van der Waals surface area contributed by atoms with Gasteiger partial charge in [0.15, 0.2) is 17.3 Å². The number of carboxylic acid groups (broad SMARTS) is 1. The van der Waals surface area contributed by atoms with E-state index in [9.17, 15) is 19.1 Å². The minimum Gasteiger partial charge on any atom is -0.494 e. The van der Waals surface area contributed by atoms with Crippen molar-refractivity contribution in [2.75, 3.05) is 7.11 Å². The lowest BCUT2D eigenvalue weighted by Gasteiger charge is -2.14. The molecule has 5 rings (SSSR count). The Morgan fingerprint density at radius 1 is 0.889 bits per heavy atom. The minimum absolute atomic E-state index is 0.000895. The molecule has 5 aromatic rings. The van der Waals surface area contributed by atoms with E-state index in [1.54, 1.807) is 48.8 Å². The zero-order valence-electron chi connectivity index (χ0n) is 18.8. The van der Waals surface area contributed by atoms with E-state index in [0.717, 1.165) is 17.8 Å². The first-order valence-corrected chi connectivity index (χ1v) is 11.4. The number of benzene rings is 3. The van der Waals surface area contributed by atoms with Gasteiger partial charge in [0.05, 0.1) is 35.4 Å². The third-order valence-corrected chi connectivity index (χ3v) is 6.22. The summed E-state index contributed by atoms with van der Waals surface area (Å²) in [5.74, 6) is -2.67. The zero-order valence-corrected chi connectivity index (χ0v) is 19.6. The van der Waals surface area contributed by atoms with Gasteiger partial charge in [0, 0.05) is 30.0 Å². The number of carbonyl (C=O) groups is 2. The number of carbonyl (C=O) groups excluding carboxylic acids is 1. The molecule has 10 heteroatoms. The molecular weight excluding hydrogens is 483 g/mol. The Kier molecular flexibility index (Phi) is 6.17. The molecule has 0 radical (unpaired) electrons. The van der Waals surface area contributed by atoms with Crippen LogP contribution in [0.15, 0.2) is 72.6 Å². The summed E-state index contributed by atoms with van der Waals surface area (Å²) >= 11 is 1.01. The predicted octanol–water partition coefficient (Wildman–Crippen LogP) is 4.75. The van der Waals surface area contributed by atoms with Crippen LogP contribution in [0.2, 0.25) is 0 Å². The van der Waals surface area contributed by atoms with Crippen molar-refractivity contribution in [3.8, 4) is 5.75 Å². The Labute approximate surface area is 208 Å². The molecule has 2 heterocycles. The van der Waals surface area contributed by atoms with Crippen molar-refractivity contribution in [2.45, 2.75) is 6.42 Å². The van der Waals surface area contributed by atoms with Gasteiger partial charge in [0.1, 0.15) is 11.0 Å². The molecule has 2 aromatic heterocycles. The average Bonchev–Trinajstić information content (AvgIpc) is 3.35. The van der Waals surface area contributed by atoms with E-state index in [4.69, 9.17) is 4.74 Å². The molecule has 36 heavy (non-hydrogen) atoms. The number of nitrogens with zero attached hydrogens (tertiary/aromatic N) is 4. The Bertz CT molecular complexity index is 1680. The summed E-state index contributed by atoms with van der Waals surface area (Å²) in [6, 6.07) is 13.8. The smallest absolute Gasteiger partial charge is 0.336 e. The number of methoxy groups -OCH3 is 1. The van der Waals surface area contributed by atoms with Crippen LogP contribution in [0.4, 0.5) is 4.39 Å². The number of ether oxygens (including phenoxy) is 1. The number of ketones is 1. The maximum absolute atomic E-state index is 14.5. The highest BCUT2D eigenvalue weighted by Gasteiger charge is 2.25. The molecule has 0 spiro atoms. The Hall–Kier alpha value is -4.57. The molecule has 0 unspecified atom stereocenters. The van der Waals surface area contributed by atoms with E-state index in [0.29, 0.717) is 33.2 Å². The highest BCUT2D eigenvalue weighted by Crippen LogP contribution is 2.29. The van der Waals surface area contributed by atoms with Crippen LogP contribution in [0, 0.1) is 5.82 Å². The van der Waals surface area contributed by atoms with E-state index < -0.39 is 17.6 Å². The van der Waals surface area contributed by atoms with Crippen molar-refractivity contribution in [1.29, 1.82) is 0 Å². The van der Waals surface area contributed by atoms with Crippen molar-refractivity contribution in [3.63, 3.8) is 0 Å². The summed E-state index contributed by atoms with van der Waals surface area (Å²) in [7, 11) is 1.32. The molecule has 178 valence electrons. The zero-order chi connectivity index (χ0) is 25.2. The maximum Gasteiger partial charge on any atom is 0.336 e. The number of hydrogen-bond donors (Lipinski definition) is 1. The Morgan fingerprint density at radius 3 is 2.36 bits per heavy atom.